The molecule has 0 spiro atoms. The van der Waals surface area contributed by atoms with Crippen LogP contribution < -0.4 is 10.1 Å². The van der Waals surface area contributed by atoms with E-state index >= 15 is 0 Å². The lowest BCUT2D eigenvalue weighted by Gasteiger charge is -2.32. The Balaban J connectivity index is 1.40. The predicted molar refractivity (Wildman–Crippen MR) is 106 cm³/mol. The average Bonchev–Trinajstić information content (AvgIpc) is 3.35. The highest BCUT2D eigenvalue weighted by Gasteiger charge is 2.24. The van der Waals surface area contributed by atoms with Gasteiger partial charge < -0.3 is 19.9 Å². The summed E-state index contributed by atoms with van der Waals surface area (Å²) in [5, 5.41) is 6.88. The molecule has 1 fully saturated rings. The second-order valence-electron chi connectivity index (χ2n) is 7.37. The number of nitrogens with zero attached hydrogens (tertiary/aromatic N) is 3. The number of ketones is 1. The highest BCUT2D eigenvalue weighted by atomic mass is 16.5. The number of aromatic amines is 1. The van der Waals surface area contributed by atoms with Crippen molar-refractivity contribution in [2.45, 2.75) is 26.2 Å². The zero-order valence-corrected chi connectivity index (χ0v) is 16.8. The Morgan fingerprint density at radius 3 is 2.79 bits per heavy atom. The summed E-state index contributed by atoms with van der Waals surface area (Å²) in [4.78, 5) is 40.6. The lowest BCUT2D eigenvalue weighted by atomic mass is 9.94. The molecule has 0 aromatic carbocycles. The summed E-state index contributed by atoms with van der Waals surface area (Å²) >= 11 is 0. The third-order valence-electron chi connectivity index (χ3n) is 5.06. The number of carbonyl (C=O) groups is 3. The Hall–Kier alpha value is -3.10. The van der Waals surface area contributed by atoms with Crippen molar-refractivity contribution in [3.63, 3.8) is 0 Å². The Bertz CT molecular complexity index is 872. The molecule has 0 saturated carbocycles. The molecule has 3 rings (SSSR count). The molecular weight excluding hydrogens is 374 g/mol. The Labute approximate surface area is 169 Å². The summed E-state index contributed by atoms with van der Waals surface area (Å²) in [5.74, 6) is 0.539. The number of rotatable bonds is 8. The van der Waals surface area contributed by atoms with Crippen LogP contribution in [0, 0.1) is 5.92 Å². The van der Waals surface area contributed by atoms with Crippen LogP contribution in [0.2, 0.25) is 0 Å². The maximum atomic E-state index is 12.4. The molecule has 3 heterocycles. The highest BCUT2D eigenvalue weighted by Crippen LogP contribution is 2.19. The highest BCUT2D eigenvalue weighted by molar-refractivity contribution is 5.97. The van der Waals surface area contributed by atoms with Gasteiger partial charge in [0.15, 0.2) is 18.1 Å². The number of hydrogen-bond donors (Lipinski definition) is 2. The van der Waals surface area contributed by atoms with Crippen molar-refractivity contribution >= 4 is 17.6 Å². The maximum Gasteiger partial charge on any atom is 0.267 e. The van der Waals surface area contributed by atoms with Crippen LogP contribution in [0.4, 0.5) is 0 Å². The second kappa shape index (κ2) is 9.40. The lowest BCUT2D eigenvalue weighted by Crippen LogP contribution is -2.43. The Morgan fingerprint density at radius 2 is 2.10 bits per heavy atom. The van der Waals surface area contributed by atoms with E-state index in [0.29, 0.717) is 36.1 Å². The van der Waals surface area contributed by atoms with Crippen molar-refractivity contribution in [1.82, 2.24) is 25.0 Å². The van der Waals surface area contributed by atoms with E-state index in [4.69, 9.17) is 4.74 Å². The van der Waals surface area contributed by atoms with Gasteiger partial charge >= 0.3 is 0 Å². The van der Waals surface area contributed by atoms with Crippen molar-refractivity contribution in [3.05, 3.63) is 35.9 Å². The Kier molecular flexibility index (Phi) is 6.69. The zero-order valence-electron chi connectivity index (χ0n) is 16.8. The van der Waals surface area contributed by atoms with Crippen LogP contribution in [-0.4, -0.2) is 63.5 Å². The minimum absolute atomic E-state index is 0.000452. The van der Waals surface area contributed by atoms with E-state index in [0.717, 1.165) is 25.8 Å². The number of Topliss-reactive ketones (excluding diaryl/α,β-unsaturated/α-hetero) is 1. The van der Waals surface area contributed by atoms with Crippen LogP contribution in [0.3, 0.4) is 0 Å². The molecule has 2 aromatic heterocycles. The molecule has 1 unspecified atom stereocenters. The van der Waals surface area contributed by atoms with Gasteiger partial charge in [0.1, 0.15) is 5.69 Å². The van der Waals surface area contributed by atoms with Crippen molar-refractivity contribution in [3.8, 4) is 5.75 Å². The van der Waals surface area contributed by atoms with Crippen LogP contribution in [0.1, 0.15) is 47.2 Å². The molecular formula is C20H27N5O4. The quantitative estimate of drug-likeness (QED) is 0.650. The summed E-state index contributed by atoms with van der Waals surface area (Å²) in [6, 6.07) is 3.21. The fraction of sp³-hybridized carbons (Fsp3) is 0.500. The van der Waals surface area contributed by atoms with Gasteiger partial charge in [-0.3, -0.25) is 19.1 Å². The molecule has 1 atom stereocenters. The number of amides is 2. The SMILES string of the molecule is CC(=O)c1ccc(C(=O)NCCC2CCCN(C(=O)COc3cnn(C)c3)C2)[nH]1. The molecule has 1 aliphatic heterocycles. The van der Waals surface area contributed by atoms with Crippen molar-refractivity contribution < 1.29 is 19.1 Å². The number of H-pyrrole nitrogens is 1. The first kappa shape index (κ1) is 20.6. The molecule has 2 amide bonds. The van der Waals surface area contributed by atoms with E-state index < -0.39 is 0 Å². The summed E-state index contributed by atoms with van der Waals surface area (Å²) in [6.07, 6.45) is 6.06. The van der Waals surface area contributed by atoms with Gasteiger partial charge in [-0.2, -0.15) is 5.10 Å². The predicted octanol–water partition coefficient (Wildman–Crippen LogP) is 1.39. The van der Waals surface area contributed by atoms with E-state index in [2.05, 4.69) is 15.4 Å². The van der Waals surface area contributed by atoms with Crippen molar-refractivity contribution in [2.24, 2.45) is 13.0 Å². The number of ether oxygens (including phenoxy) is 1. The van der Waals surface area contributed by atoms with E-state index in [-0.39, 0.29) is 24.2 Å². The minimum atomic E-state index is -0.230. The van der Waals surface area contributed by atoms with E-state index in [1.165, 1.54) is 6.92 Å². The largest absolute Gasteiger partial charge is 0.480 e. The number of nitrogens with one attached hydrogen (secondary N) is 2. The average molecular weight is 401 g/mol. The van der Waals surface area contributed by atoms with E-state index in [1.54, 1.807) is 36.3 Å². The molecule has 29 heavy (non-hydrogen) atoms. The van der Waals surface area contributed by atoms with Crippen molar-refractivity contribution in [2.75, 3.05) is 26.2 Å². The van der Waals surface area contributed by atoms with Crippen LogP contribution in [-0.2, 0) is 11.8 Å². The number of carbonyl (C=O) groups excluding carboxylic acids is 3. The molecule has 156 valence electrons. The van der Waals surface area contributed by atoms with E-state index in [9.17, 15) is 14.4 Å². The maximum absolute atomic E-state index is 12.4. The number of aromatic nitrogens is 3. The molecule has 9 nitrogen and oxygen atoms in total. The van der Waals surface area contributed by atoms with Crippen LogP contribution in [0.25, 0.3) is 0 Å². The van der Waals surface area contributed by atoms with Crippen molar-refractivity contribution in [1.29, 1.82) is 0 Å². The third kappa shape index (κ3) is 5.69. The first-order valence-corrected chi connectivity index (χ1v) is 9.79. The molecule has 9 heteroatoms. The zero-order chi connectivity index (χ0) is 20.8. The van der Waals surface area contributed by atoms with Gasteiger partial charge in [0.25, 0.3) is 11.8 Å². The van der Waals surface area contributed by atoms with Crippen LogP contribution in [0.5, 0.6) is 5.75 Å². The standard InChI is InChI=1S/C20H27N5O4/c1-14(26)17-5-6-18(23-17)20(28)21-8-7-15-4-3-9-25(11-15)19(27)13-29-16-10-22-24(2)12-16/h5-6,10,12,15,23H,3-4,7-9,11,13H2,1-2H3,(H,21,28). The summed E-state index contributed by atoms with van der Waals surface area (Å²) in [5.41, 5.74) is 0.799. The first-order valence-electron chi connectivity index (χ1n) is 9.79. The molecule has 0 aliphatic carbocycles. The van der Waals surface area contributed by atoms with Crippen LogP contribution in [0.15, 0.2) is 24.5 Å². The fourth-order valence-corrected chi connectivity index (χ4v) is 3.45. The van der Waals surface area contributed by atoms with Gasteiger partial charge in [-0.05, 0) is 37.3 Å². The number of likely N-dealkylation sites (tertiary alicyclic amines) is 1. The smallest absolute Gasteiger partial charge is 0.267 e. The molecule has 1 saturated heterocycles. The molecule has 2 aromatic rings. The fourth-order valence-electron chi connectivity index (χ4n) is 3.45. The molecule has 2 N–H and O–H groups in total. The van der Waals surface area contributed by atoms with Gasteiger partial charge in [0.05, 0.1) is 18.1 Å². The van der Waals surface area contributed by atoms with Gasteiger partial charge in [-0.15, -0.1) is 0 Å². The lowest BCUT2D eigenvalue weighted by molar-refractivity contribution is -0.135. The minimum Gasteiger partial charge on any atom is -0.480 e. The first-order chi connectivity index (χ1) is 13.9. The second-order valence-corrected chi connectivity index (χ2v) is 7.37. The monoisotopic (exact) mass is 401 g/mol. The van der Waals surface area contributed by atoms with E-state index in [1.807, 2.05) is 4.90 Å². The van der Waals surface area contributed by atoms with Gasteiger partial charge in [0.2, 0.25) is 0 Å². The van der Waals surface area contributed by atoms with Gasteiger partial charge in [0, 0.05) is 33.6 Å². The summed E-state index contributed by atoms with van der Waals surface area (Å²) < 4.78 is 7.12. The third-order valence-corrected chi connectivity index (χ3v) is 5.06. The number of hydrogen-bond acceptors (Lipinski definition) is 5. The van der Waals surface area contributed by atoms with Crippen LogP contribution >= 0.6 is 0 Å². The molecule has 0 bridgehead atoms. The Morgan fingerprint density at radius 1 is 1.31 bits per heavy atom. The number of aryl methyl sites for hydroxylation is 1. The molecule has 1 aliphatic rings. The topological polar surface area (TPSA) is 109 Å². The summed E-state index contributed by atoms with van der Waals surface area (Å²) in [6.45, 7) is 3.37. The summed E-state index contributed by atoms with van der Waals surface area (Å²) in [7, 11) is 1.79. The van der Waals surface area contributed by atoms with Gasteiger partial charge in [-0.1, -0.05) is 0 Å². The number of piperidine rings is 1. The normalized spacial score (nSPS) is 16.5. The molecule has 0 radical (unpaired) electrons. The van der Waals surface area contributed by atoms with Gasteiger partial charge in [-0.25, -0.2) is 0 Å².